The molecule has 3 rings (SSSR count). The van der Waals surface area contributed by atoms with Crippen molar-refractivity contribution >= 4 is 0 Å². The van der Waals surface area contributed by atoms with Gasteiger partial charge < -0.3 is 19.2 Å². The van der Waals surface area contributed by atoms with Crippen molar-refractivity contribution < 1.29 is 23.9 Å². The van der Waals surface area contributed by atoms with E-state index >= 15 is 0 Å². The van der Waals surface area contributed by atoms with Crippen LogP contribution in [0.25, 0.3) is 0 Å². The Bertz CT molecular complexity index is 352. The summed E-state index contributed by atoms with van der Waals surface area (Å²) in [6.07, 6.45) is 2.49. The summed E-state index contributed by atoms with van der Waals surface area (Å²) in [6.45, 7) is 12.2. The molecule has 1 aliphatic carbocycles. The largest absolute Gasteiger partial charge is 2.00 e. The van der Waals surface area contributed by atoms with Crippen LogP contribution in [0.3, 0.4) is 0 Å². The summed E-state index contributed by atoms with van der Waals surface area (Å²) in [4.78, 5) is 0. The normalized spacial score (nSPS) is 26.5. The number of hydrogen-bond donors (Lipinski definition) is 1. The number of benzene rings is 1. The first-order valence-electron chi connectivity index (χ1n) is 6.69. The number of rotatable bonds is 1. The molecule has 1 heterocycles. The van der Waals surface area contributed by atoms with Gasteiger partial charge in [-0.25, -0.2) is 4.39 Å². The summed E-state index contributed by atoms with van der Waals surface area (Å²) < 4.78 is 12.8. The van der Waals surface area contributed by atoms with Crippen LogP contribution >= 0.6 is 0 Å². The third-order valence-electron chi connectivity index (χ3n) is 3.79. The first-order chi connectivity index (χ1) is 8.81. The standard InChI is InChI=1S/C12H14FN.2C2H5.Zn/c13-11-3-1-9(2-4-11)12-5-6-14-8-10(12)7-12;2*1-2;/h1-4,10,14H,5-8H2;2*1H2,2H3;/q;2*-1;+2. The van der Waals surface area contributed by atoms with Gasteiger partial charge in [0.2, 0.25) is 0 Å². The molecule has 1 aromatic rings. The Morgan fingerprint density at radius 1 is 1.16 bits per heavy atom. The Hall–Kier alpha value is -0.267. The third-order valence-corrected chi connectivity index (χ3v) is 3.79. The maximum Gasteiger partial charge on any atom is 2.00 e. The van der Waals surface area contributed by atoms with Gasteiger partial charge in [0.05, 0.1) is 0 Å². The van der Waals surface area contributed by atoms with Crippen LogP contribution in [0.15, 0.2) is 24.3 Å². The van der Waals surface area contributed by atoms with E-state index in [1.807, 2.05) is 12.1 Å². The van der Waals surface area contributed by atoms with E-state index in [1.54, 1.807) is 26.0 Å². The van der Waals surface area contributed by atoms with Crippen LogP contribution < -0.4 is 5.32 Å². The van der Waals surface area contributed by atoms with Crippen molar-refractivity contribution in [2.75, 3.05) is 13.1 Å². The molecule has 0 bridgehead atoms. The molecular weight excluding hydrogens is 291 g/mol. The maximum atomic E-state index is 12.8. The van der Waals surface area contributed by atoms with Gasteiger partial charge >= 0.3 is 19.5 Å². The Balaban J connectivity index is 0.000000597. The topological polar surface area (TPSA) is 12.0 Å². The first kappa shape index (κ1) is 18.7. The fraction of sp³-hybridized carbons (Fsp3) is 0.500. The minimum atomic E-state index is -0.128. The van der Waals surface area contributed by atoms with Gasteiger partial charge in [-0.3, -0.25) is 0 Å². The molecule has 2 atom stereocenters. The van der Waals surface area contributed by atoms with E-state index in [2.05, 4.69) is 19.2 Å². The van der Waals surface area contributed by atoms with E-state index in [1.165, 1.54) is 18.4 Å². The van der Waals surface area contributed by atoms with Crippen molar-refractivity contribution in [2.24, 2.45) is 5.92 Å². The molecule has 0 radical (unpaired) electrons. The van der Waals surface area contributed by atoms with Crippen LogP contribution in [0, 0.1) is 25.6 Å². The minimum absolute atomic E-state index is 0. The molecular formula is C16H24FNZn. The molecule has 0 aromatic heterocycles. The number of nitrogens with one attached hydrogen (secondary N) is 1. The predicted octanol–water partition coefficient (Wildman–Crippen LogP) is 3.75. The van der Waals surface area contributed by atoms with E-state index in [9.17, 15) is 4.39 Å². The van der Waals surface area contributed by atoms with Gasteiger partial charge in [-0.1, -0.05) is 12.1 Å². The summed E-state index contributed by atoms with van der Waals surface area (Å²) in [7, 11) is 0. The second kappa shape index (κ2) is 8.82. The van der Waals surface area contributed by atoms with E-state index < -0.39 is 0 Å². The SMILES string of the molecule is Fc1ccc(C23CCNCC2C3)cc1.[CH2-]C.[CH2-]C.[Zn+2]. The van der Waals surface area contributed by atoms with Gasteiger partial charge in [-0.05, 0) is 49.5 Å². The molecule has 2 fully saturated rings. The number of fused-ring (bicyclic) bond motifs is 1. The van der Waals surface area contributed by atoms with Crippen LogP contribution in [0.1, 0.15) is 32.3 Å². The van der Waals surface area contributed by atoms with Gasteiger partial charge in [-0.15, -0.1) is 0 Å². The second-order valence-corrected chi connectivity index (χ2v) is 4.52. The van der Waals surface area contributed by atoms with Crippen molar-refractivity contribution in [3.05, 3.63) is 49.5 Å². The van der Waals surface area contributed by atoms with Gasteiger partial charge in [0.1, 0.15) is 5.82 Å². The Kier molecular flexibility index (Phi) is 8.69. The van der Waals surface area contributed by atoms with Crippen LogP contribution in [-0.2, 0) is 24.9 Å². The fourth-order valence-corrected chi connectivity index (χ4v) is 2.82. The quantitative estimate of drug-likeness (QED) is 0.615. The van der Waals surface area contributed by atoms with E-state index in [-0.39, 0.29) is 25.3 Å². The molecule has 0 spiro atoms. The van der Waals surface area contributed by atoms with Crippen LogP contribution in [0.2, 0.25) is 0 Å². The van der Waals surface area contributed by atoms with Gasteiger partial charge in [0, 0.05) is 5.41 Å². The zero-order valence-corrected chi connectivity index (χ0v) is 15.2. The van der Waals surface area contributed by atoms with Crippen molar-refractivity contribution in [3.8, 4) is 0 Å². The predicted molar refractivity (Wildman–Crippen MR) is 75.7 cm³/mol. The van der Waals surface area contributed by atoms with E-state index in [0.29, 0.717) is 5.41 Å². The summed E-state index contributed by atoms with van der Waals surface area (Å²) >= 11 is 0. The smallest absolute Gasteiger partial charge is 0.346 e. The molecule has 1 saturated heterocycles. The maximum absolute atomic E-state index is 12.8. The summed E-state index contributed by atoms with van der Waals surface area (Å²) in [5, 5.41) is 3.41. The molecule has 19 heavy (non-hydrogen) atoms. The Morgan fingerprint density at radius 3 is 2.26 bits per heavy atom. The zero-order valence-electron chi connectivity index (χ0n) is 12.2. The summed E-state index contributed by atoms with van der Waals surface area (Å²) in [5.41, 5.74) is 1.74. The molecule has 0 amide bonds. The average Bonchev–Trinajstić information content (AvgIpc) is 3.20. The Labute approximate surface area is 130 Å². The molecule has 1 N–H and O–H groups in total. The summed E-state index contributed by atoms with van der Waals surface area (Å²) in [6, 6.07) is 7.09. The van der Waals surface area contributed by atoms with Crippen LogP contribution in [-0.4, -0.2) is 13.1 Å². The summed E-state index contributed by atoms with van der Waals surface area (Å²) in [5.74, 6) is 0.665. The molecule has 1 aromatic carbocycles. The molecule has 3 heteroatoms. The van der Waals surface area contributed by atoms with Crippen molar-refractivity contribution in [1.82, 2.24) is 5.32 Å². The number of hydrogen-bond acceptors (Lipinski definition) is 1. The molecule has 2 aliphatic rings. The molecule has 1 aliphatic heterocycles. The molecule has 102 valence electrons. The van der Waals surface area contributed by atoms with Gasteiger partial charge in [0.15, 0.2) is 0 Å². The minimum Gasteiger partial charge on any atom is -0.346 e. The number of piperidine rings is 1. The molecule has 1 saturated carbocycles. The average molecular weight is 315 g/mol. The van der Waals surface area contributed by atoms with Crippen molar-refractivity contribution in [1.29, 1.82) is 0 Å². The van der Waals surface area contributed by atoms with Crippen LogP contribution in [0.5, 0.6) is 0 Å². The van der Waals surface area contributed by atoms with Crippen molar-refractivity contribution in [3.63, 3.8) is 0 Å². The molecule has 1 nitrogen and oxygen atoms in total. The van der Waals surface area contributed by atoms with Crippen molar-refractivity contribution in [2.45, 2.75) is 32.1 Å². The van der Waals surface area contributed by atoms with Gasteiger partial charge in [-0.2, -0.15) is 13.8 Å². The van der Waals surface area contributed by atoms with E-state index in [0.717, 1.165) is 19.0 Å². The monoisotopic (exact) mass is 313 g/mol. The zero-order chi connectivity index (χ0) is 13.6. The van der Waals surface area contributed by atoms with Crippen LogP contribution in [0.4, 0.5) is 4.39 Å². The van der Waals surface area contributed by atoms with Gasteiger partial charge in [0.25, 0.3) is 0 Å². The first-order valence-corrected chi connectivity index (χ1v) is 6.69. The van der Waals surface area contributed by atoms with E-state index in [4.69, 9.17) is 0 Å². The molecule has 2 unspecified atom stereocenters. The third kappa shape index (κ3) is 4.10. The second-order valence-electron chi connectivity index (χ2n) is 4.52. The Morgan fingerprint density at radius 2 is 1.74 bits per heavy atom. The fourth-order valence-electron chi connectivity index (χ4n) is 2.82. The number of halogens is 1.